The highest BCUT2D eigenvalue weighted by Gasteiger charge is 2.21. The van der Waals surface area contributed by atoms with Crippen LogP contribution >= 0.6 is 0 Å². The quantitative estimate of drug-likeness (QED) is 0.686. The van der Waals surface area contributed by atoms with Crippen molar-refractivity contribution in [2.24, 2.45) is 0 Å². The average molecular weight is 386 g/mol. The van der Waals surface area contributed by atoms with Gasteiger partial charge in [-0.25, -0.2) is 4.39 Å². The molecule has 1 heterocycles. The van der Waals surface area contributed by atoms with Crippen molar-refractivity contribution in [3.8, 4) is 5.75 Å². The smallest absolute Gasteiger partial charge is 0.254 e. The van der Waals surface area contributed by atoms with Crippen molar-refractivity contribution < 1.29 is 18.7 Å². The third-order valence-electron chi connectivity index (χ3n) is 4.86. The zero-order valence-electron chi connectivity index (χ0n) is 16.3. The lowest BCUT2D eigenvalue weighted by atomic mass is 10.2. The van der Waals surface area contributed by atoms with Crippen LogP contribution in [0.15, 0.2) is 48.5 Å². The average Bonchev–Trinajstić information content (AvgIpc) is 2.95. The zero-order chi connectivity index (χ0) is 19.8. The second-order valence-corrected chi connectivity index (χ2v) is 6.88. The molecule has 0 N–H and O–H groups in total. The number of halogens is 1. The predicted octanol–water partition coefficient (Wildman–Crippen LogP) is 3.20. The third-order valence-corrected chi connectivity index (χ3v) is 4.86. The lowest BCUT2D eigenvalue weighted by Gasteiger charge is -2.22. The number of nitrogens with zero attached hydrogens (tertiary/aromatic N) is 2. The number of methoxy groups -OCH3 is 1. The van der Waals surface area contributed by atoms with Crippen LogP contribution in [-0.4, -0.2) is 62.2 Å². The van der Waals surface area contributed by atoms with Crippen LogP contribution in [-0.2, 0) is 11.3 Å². The van der Waals surface area contributed by atoms with Crippen molar-refractivity contribution in [2.75, 3.05) is 46.5 Å². The third kappa shape index (κ3) is 5.53. The van der Waals surface area contributed by atoms with Crippen molar-refractivity contribution >= 4 is 5.91 Å². The van der Waals surface area contributed by atoms with Gasteiger partial charge >= 0.3 is 0 Å². The van der Waals surface area contributed by atoms with Crippen molar-refractivity contribution in [2.45, 2.75) is 13.0 Å². The Morgan fingerprint density at radius 2 is 1.89 bits per heavy atom. The lowest BCUT2D eigenvalue weighted by Crippen LogP contribution is -2.35. The van der Waals surface area contributed by atoms with Gasteiger partial charge in [0.15, 0.2) is 0 Å². The van der Waals surface area contributed by atoms with Crippen molar-refractivity contribution in [3.63, 3.8) is 0 Å². The number of ether oxygens (including phenoxy) is 2. The summed E-state index contributed by atoms with van der Waals surface area (Å²) in [6.07, 6.45) is 0.865. The zero-order valence-corrected chi connectivity index (χ0v) is 16.3. The monoisotopic (exact) mass is 386 g/mol. The lowest BCUT2D eigenvalue weighted by molar-refractivity contribution is 0.0760. The standard InChI is InChI=1S/C22H27FN2O3/c1-27-14-15-28-20-8-4-7-18(16-20)22(26)25-11-5-10-24(12-13-25)17-19-6-2-3-9-21(19)23/h2-4,6-9,16H,5,10-15,17H2,1H3. The molecular weight excluding hydrogens is 359 g/mol. The number of hydrogen-bond acceptors (Lipinski definition) is 4. The number of hydrogen-bond donors (Lipinski definition) is 0. The first-order chi connectivity index (χ1) is 13.7. The topological polar surface area (TPSA) is 42.0 Å². The molecule has 0 aliphatic carbocycles. The summed E-state index contributed by atoms with van der Waals surface area (Å²) in [5.41, 5.74) is 1.32. The highest BCUT2D eigenvalue weighted by Crippen LogP contribution is 2.17. The number of carbonyl (C=O) groups excluding carboxylic acids is 1. The fraction of sp³-hybridized carbons (Fsp3) is 0.409. The Kier molecular flexibility index (Phi) is 7.39. The second-order valence-electron chi connectivity index (χ2n) is 6.88. The number of benzene rings is 2. The molecule has 1 saturated heterocycles. The van der Waals surface area contributed by atoms with Gasteiger partial charge in [-0.2, -0.15) is 0 Å². The van der Waals surface area contributed by atoms with E-state index in [2.05, 4.69) is 4.90 Å². The SMILES string of the molecule is COCCOc1cccc(C(=O)N2CCCN(Cc3ccccc3F)CC2)c1. The summed E-state index contributed by atoms with van der Waals surface area (Å²) in [4.78, 5) is 17.0. The van der Waals surface area contributed by atoms with Crippen LogP contribution in [0, 0.1) is 5.82 Å². The molecule has 0 unspecified atom stereocenters. The summed E-state index contributed by atoms with van der Waals surface area (Å²) < 4.78 is 24.5. The summed E-state index contributed by atoms with van der Waals surface area (Å²) in [6.45, 7) is 4.41. The second kappa shape index (κ2) is 10.2. The molecule has 0 bridgehead atoms. The normalized spacial score (nSPS) is 15.3. The van der Waals surface area contributed by atoms with E-state index in [9.17, 15) is 9.18 Å². The minimum atomic E-state index is -0.176. The van der Waals surface area contributed by atoms with Crippen LogP contribution in [0.25, 0.3) is 0 Å². The van der Waals surface area contributed by atoms with Gasteiger partial charge in [0.1, 0.15) is 18.2 Å². The maximum absolute atomic E-state index is 13.9. The molecule has 1 amide bonds. The molecule has 3 rings (SSSR count). The van der Waals surface area contributed by atoms with E-state index in [1.54, 1.807) is 19.2 Å². The Morgan fingerprint density at radius 1 is 1.04 bits per heavy atom. The van der Waals surface area contributed by atoms with Crippen LogP contribution in [0.4, 0.5) is 4.39 Å². The van der Waals surface area contributed by atoms with Gasteiger partial charge in [-0.1, -0.05) is 24.3 Å². The molecule has 0 spiro atoms. The molecule has 0 radical (unpaired) electrons. The molecule has 0 aromatic heterocycles. The minimum absolute atomic E-state index is 0.00457. The maximum Gasteiger partial charge on any atom is 0.254 e. The Bertz CT molecular complexity index is 784. The Morgan fingerprint density at radius 3 is 2.71 bits per heavy atom. The van der Waals surface area contributed by atoms with E-state index in [-0.39, 0.29) is 11.7 Å². The maximum atomic E-state index is 13.9. The summed E-state index contributed by atoms with van der Waals surface area (Å²) in [6, 6.07) is 14.1. The molecule has 2 aromatic carbocycles. The first kappa shape index (κ1) is 20.3. The summed E-state index contributed by atoms with van der Waals surface area (Å²) >= 11 is 0. The van der Waals surface area contributed by atoms with Crippen molar-refractivity contribution in [1.82, 2.24) is 9.80 Å². The van der Waals surface area contributed by atoms with Crippen molar-refractivity contribution in [1.29, 1.82) is 0 Å². The molecule has 28 heavy (non-hydrogen) atoms. The molecule has 6 heteroatoms. The van der Waals surface area contributed by atoms with Crippen molar-refractivity contribution in [3.05, 3.63) is 65.5 Å². The fourth-order valence-corrected chi connectivity index (χ4v) is 3.34. The van der Waals surface area contributed by atoms with Crippen LogP contribution in [0.2, 0.25) is 0 Å². The van der Waals surface area contributed by atoms with Gasteiger partial charge in [-0.05, 0) is 30.7 Å². The fourth-order valence-electron chi connectivity index (χ4n) is 3.34. The van der Waals surface area contributed by atoms with E-state index in [0.29, 0.717) is 49.7 Å². The van der Waals surface area contributed by atoms with E-state index in [0.717, 1.165) is 19.5 Å². The highest BCUT2D eigenvalue weighted by molar-refractivity contribution is 5.94. The molecule has 1 aliphatic heterocycles. The number of amides is 1. The molecular formula is C22H27FN2O3. The molecule has 1 aliphatic rings. The molecule has 0 atom stereocenters. The first-order valence-corrected chi connectivity index (χ1v) is 9.64. The van der Waals surface area contributed by atoms with E-state index in [1.807, 2.05) is 35.2 Å². The van der Waals surface area contributed by atoms with Crippen LogP contribution in [0.3, 0.4) is 0 Å². The van der Waals surface area contributed by atoms with Gasteiger partial charge in [0.25, 0.3) is 5.91 Å². The van der Waals surface area contributed by atoms with Gasteiger partial charge in [0.05, 0.1) is 6.61 Å². The first-order valence-electron chi connectivity index (χ1n) is 9.64. The van der Waals surface area contributed by atoms with Gasteiger partial charge in [0.2, 0.25) is 0 Å². The Balaban J connectivity index is 1.58. The minimum Gasteiger partial charge on any atom is -0.491 e. The Hall–Kier alpha value is -2.44. The Labute approximate surface area is 165 Å². The van der Waals surface area contributed by atoms with Gasteiger partial charge in [0, 0.05) is 51.0 Å². The predicted molar refractivity (Wildman–Crippen MR) is 106 cm³/mol. The highest BCUT2D eigenvalue weighted by atomic mass is 19.1. The summed E-state index contributed by atoms with van der Waals surface area (Å²) in [7, 11) is 1.62. The number of rotatable bonds is 7. The van der Waals surface area contributed by atoms with E-state index in [1.165, 1.54) is 6.07 Å². The molecule has 150 valence electrons. The van der Waals surface area contributed by atoms with E-state index >= 15 is 0 Å². The van der Waals surface area contributed by atoms with Gasteiger partial charge in [-0.15, -0.1) is 0 Å². The van der Waals surface area contributed by atoms with Crippen LogP contribution in [0.1, 0.15) is 22.3 Å². The van der Waals surface area contributed by atoms with Crippen LogP contribution in [0.5, 0.6) is 5.75 Å². The van der Waals surface area contributed by atoms with E-state index < -0.39 is 0 Å². The van der Waals surface area contributed by atoms with Gasteiger partial charge in [-0.3, -0.25) is 9.69 Å². The molecule has 0 saturated carbocycles. The largest absolute Gasteiger partial charge is 0.491 e. The summed E-state index contributed by atoms with van der Waals surface area (Å²) in [5.74, 6) is 0.494. The van der Waals surface area contributed by atoms with E-state index in [4.69, 9.17) is 9.47 Å². The molecule has 2 aromatic rings. The molecule has 5 nitrogen and oxygen atoms in total. The molecule has 1 fully saturated rings. The van der Waals surface area contributed by atoms with Crippen LogP contribution < -0.4 is 4.74 Å². The van der Waals surface area contributed by atoms with Gasteiger partial charge < -0.3 is 14.4 Å². The number of carbonyl (C=O) groups is 1. The summed E-state index contributed by atoms with van der Waals surface area (Å²) in [5, 5.41) is 0.